The van der Waals surface area contributed by atoms with Crippen molar-refractivity contribution < 1.29 is 19.5 Å². The summed E-state index contributed by atoms with van der Waals surface area (Å²) in [7, 11) is 0. The maximum Gasteiger partial charge on any atom is 0.303 e. The number of aromatic amines is 1. The third-order valence-electron chi connectivity index (χ3n) is 5.01. The van der Waals surface area contributed by atoms with Crippen LogP contribution in [-0.4, -0.2) is 27.8 Å². The highest BCUT2D eigenvalue weighted by Crippen LogP contribution is 2.30. The number of rotatable bonds is 9. The molecule has 0 saturated heterocycles. The molecule has 6 heteroatoms. The quantitative estimate of drug-likeness (QED) is 0.575. The van der Waals surface area contributed by atoms with Gasteiger partial charge in [-0.1, -0.05) is 27.7 Å². The highest BCUT2D eigenvalue weighted by molar-refractivity contribution is 6.02. The Balaban J connectivity index is 2.49. The number of ketones is 1. The van der Waals surface area contributed by atoms with Gasteiger partial charge in [0.25, 0.3) is 5.91 Å². The second-order valence-electron chi connectivity index (χ2n) is 6.57. The topological polar surface area (TPSA) is 99.3 Å². The van der Waals surface area contributed by atoms with E-state index in [0.717, 1.165) is 46.5 Å². The zero-order chi connectivity index (χ0) is 20.1. The molecule has 27 heavy (non-hydrogen) atoms. The van der Waals surface area contributed by atoms with Crippen molar-refractivity contribution in [2.45, 2.75) is 66.2 Å². The van der Waals surface area contributed by atoms with Crippen LogP contribution in [0.2, 0.25) is 0 Å². The van der Waals surface area contributed by atoms with Gasteiger partial charge in [0, 0.05) is 23.4 Å². The molecule has 0 saturated carbocycles. The molecular formula is C21H28N2O4. The number of H-pyrrole nitrogens is 1. The van der Waals surface area contributed by atoms with Crippen molar-refractivity contribution in [1.29, 1.82) is 0 Å². The van der Waals surface area contributed by atoms with Crippen LogP contribution in [0.5, 0.6) is 0 Å². The van der Waals surface area contributed by atoms with Crippen LogP contribution in [-0.2, 0) is 22.4 Å². The number of hydrogen-bond donors (Lipinski definition) is 3. The average molecular weight is 372 g/mol. The van der Waals surface area contributed by atoms with E-state index in [1.54, 1.807) is 0 Å². The number of carboxylic acid groups (broad SMARTS) is 1. The zero-order valence-corrected chi connectivity index (χ0v) is 16.5. The van der Waals surface area contributed by atoms with Crippen LogP contribution in [0.15, 0.2) is 16.8 Å². The molecule has 0 unspecified atom stereocenters. The summed E-state index contributed by atoms with van der Waals surface area (Å²) in [6, 6.07) is 0. The summed E-state index contributed by atoms with van der Waals surface area (Å²) in [5, 5.41) is 11.8. The van der Waals surface area contributed by atoms with Gasteiger partial charge in [-0.3, -0.25) is 14.4 Å². The number of carbonyl (C=O) groups excluding carboxylic acids is 2. The maximum absolute atomic E-state index is 12.5. The van der Waals surface area contributed by atoms with Crippen LogP contribution in [0.3, 0.4) is 0 Å². The molecule has 0 fully saturated rings. The number of aliphatic carboxylic acids is 1. The van der Waals surface area contributed by atoms with Gasteiger partial charge in [0.2, 0.25) is 0 Å². The minimum absolute atomic E-state index is 0.0289. The maximum atomic E-state index is 12.5. The van der Waals surface area contributed by atoms with E-state index in [1.807, 2.05) is 33.8 Å². The first-order valence-electron chi connectivity index (χ1n) is 9.61. The Kier molecular flexibility index (Phi) is 6.77. The normalized spacial score (nSPS) is 15.6. The van der Waals surface area contributed by atoms with E-state index < -0.39 is 5.97 Å². The minimum Gasteiger partial charge on any atom is -0.481 e. The third kappa shape index (κ3) is 4.21. The molecule has 0 aliphatic carbocycles. The SMILES string of the molecule is CCC1=C(CC)/C(=C\c2[nH]c(C(=O)CCC(=O)O)c(CC)c2CC)NC1=O. The second kappa shape index (κ2) is 8.84. The first-order valence-corrected chi connectivity index (χ1v) is 9.61. The Bertz CT molecular complexity index is 827. The van der Waals surface area contributed by atoms with Crippen molar-refractivity contribution in [1.82, 2.24) is 10.3 Å². The number of nitrogens with one attached hydrogen (secondary N) is 2. The molecule has 1 amide bonds. The van der Waals surface area contributed by atoms with Crippen LogP contribution in [0.4, 0.5) is 0 Å². The van der Waals surface area contributed by atoms with Gasteiger partial charge in [0.1, 0.15) is 0 Å². The number of Topliss-reactive ketones (excluding diaryl/α,β-unsaturated/α-hetero) is 1. The Hall–Kier alpha value is -2.63. The van der Waals surface area contributed by atoms with E-state index in [-0.39, 0.29) is 24.5 Å². The van der Waals surface area contributed by atoms with Crippen molar-refractivity contribution in [2.75, 3.05) is 0 Å². The molecule has 0 bridgehead atoms. The molecule has 2 heterocycles. The van der Waals surface area contributed by atoms with Gasteiger partial charge in [0.05, 0.1) is 12.1 Å². The lowest BCUT2D eigenvalue weighted by atomic mass is 9.99. The summed E-state index contributed by atoms with van der Waals surface area (Å²) < 4.78 is 0. The van der Waals surface area contributed by atoms with Crippen molar-refractivity contribution >= 4 is 23.7 Å². The van der Waals surface area contributed by atoms with Crippen LogP contribution in [0.1, 0.15) is 80.7 Å². The molecule has 6 nitrogen and oxygen atoms in total. The lowest BCUT2D eigenvalue weighted by Crippen LogP contribution is -2.16. The van der Waals surface area contributed by atoms with Gasteiger partial charge in [-0.2, -0.15) is 0 Å². The highest BCUT2D eigenvalue weighted by Gasteiger charge is 2.26. The van der Waals surface area contributed by atoms with Gasteiger partial charge in [-0.15, -0.1) is 0 Å². The largest absolute Gasteiger partial charge is 0.481 e. The number of amides is 1. The lowest BCUT2D eigenvalue weighted by molar-refractivity contribution is -0.137. The summed E-state index contributed by atoms with van der Waals surface area (Å²) >= 11 is 0. The Morgan fingerprint density at radius 1 is 0.926 bits per heavy atom. The van der Waals surface area contributed by atoms with Gasteiger partial charge >= 0.3 is 5.97 Å². The average Bonchev–Trinajstić information content (AvgIpc) is 3.15. The van der Waals surface area contributed by atoms with Gasteiger partial charge < -0.3 is 15.4 Å². The van der Waals surface area contributed by atoms with E-state index >= 15 is 0 Å². The Labute approximate surface area is 159 Å². The van der Waals surface area contributed by atoms with Gasteiger partial charge in [-0.25, -0.2) is 0 Å². The molecular weight excluding hydrogens is 344 g/mol. The number of allylic oxidation sites excluding steroid dienone is 1. The van der Waals surface area contributed by atoms with Crippen LogP contribution < -0.4 is 5.32 Å². The second-order valence-corrected chi connectivity index (χ2v) is 6.57. The summed E-state index contributed by atoms with van der Waals surface area (Å²) in [5.74, 6) is -1.23. The summed E-state index contributed by atoms with van der Waals surface area (Å²) in [6.07, 6.45) is 4.55. The van der Waals surface area contributed by atoms with Crippen LogP contribution in [0, 0.1) is 0 Å². The summed E-state index contributed by atoms with van der Waals surface area (Å²) in [5.41, 5.74) is 5.87. The van der Waals surface area contributed by atoms with Crippen molar-refractivity contribution in [3.05, 3.63) is 39.4 Å². The van der Waals surface area contributed by atoms with Crippen molar-refractivity contribution in [2.24, 2.45) is 0 Å². The smallest absolute Gasteiger partial charge is 0.303 e. The minimum atomic E-state index is -0.982. The van der Waals surface area contributed by atoms with Crippen LogP contribution >= 0.6 is 0 Å². The first kappa shape index (κ1) is 20.7. The molecule has 1 aliphatic heterocycles. The molecule has 2 rings (SSSR count). The molecule has 0 spiro atoms. The first-order chi connectivity index (χ1) is 12.9. The zero-order valence-electron chi connectivity index (χ0n) is 16.5. The lowest BCUT2D eigenvalue weighted by Gasteiger charge is -2.05. The van der Waals surface area contributed by atoms with Crippen molar-refractivity contribution in [3.63, 3.8) is 0 Å². The fourth-order valence-corrected chi connectivity index (χ4v) is 3.72. The van der Waals surface area contributed by atoms with E-state index in [1.165, 1.54) is 0 Å². The van der Waals surface area contributed by atoms with E-state index in [2.05, 4.69) is 10.3 Å². The Morgan fingerprint density at radius 2 is 1.56 bits per heavy atom. The van der Waals surface area contributed by atoms with E-state index in [9.17, 15) is 14.4 Å². The van der Waals surface area contributed by atoms with E-state index in [0.29, 0.717) is 18.5 Å². The van der Waals surface area contributed by atoms with Crippen molar-refractivity contribution in [3.8, 4) is 0 Å². The van der Waals surface area contributed by atoms with Crippen LogP contribution in [0.25, 0.3) is 6.08 Å². The fourth-order valence-electron chi connectivity index (χ4n) is 3.72. The molecule has 0 radical (unpaired) electrons. The molecule has 0 atom stereocenters. The standard InChI is InChI=1S/C21H28N2O4/c1-5-12-14(7-3)20(18(24)9-10-19(25)26)22-16(12)11-17-13(6-2)15(8-4)21(27)23-17/h11,22H,5-10H2,1-4H3,(H,23,27)(H,25,26)/b17-11+. The predicted octanol–water partition coefficient (Wildman–Crippen LogP) is 3.77. The molecule has 0 aromatic carbocycles. The summed E-state index contributed by atoms with van der Waals surface area (Å²) in [4.78, 5) is 38.7. The monoisotopic (exact) mass is 372 g/mol. The highest BCUT2D eigenvalue weighted by atomic mass is 16.4. The summed E-state index contributed by atoms with van der Waals surface area (Å²) in [6.45, 7) is 8.00. The fraction of sp³-hybridized carbons (Fsp3) is 0.476. The number of carbonyl (C=O) groups is 3. The Morgan fingerprint density at radius 3 is 2.07 bits per heavy atom. The number of aromatic nitrogens is 1. The van der Waals surface area contributed by atoms with E-state index in [4.69, 9.17) is 5.11 Å². The molecule has 1 aliphatic rings. The van der Waals surface area contributed by atoms with Gasteiger partial charge in [-0.05, 0) is 48.5 Å². The predicted molar refractivity (Wildman–Crippen MR) is 104 cm³/mol. The number of carboxylic acids is 1. The molecule has 1 aromatic rings. The molecule has 146 valence electrons. The molecule has 1 aromatic heterocycles. The third-order valence-corrected chi connectivity index (χ3v) is 5.01. The number of hydrogen-bond acceptors (Lipinski definition) is 3. The van der Waals surface area contributed by atoms with Gasteiger partial charge in [0.15, 0.2) is 5.78 Å². The molecule has 3 N–H and O–H groups in total.